The van der Waals surface area contributed by atoms with Crippen LogP contribution in [0.3, 0.4) is 0 Å². The van der Waals surface area contributed by atoms with Gasteiger partial charge in [-0.1, -0.05) is 6.08 Å². The van der Waals surface area contributed by atoms with Crippen LogP contribution in [0.1, 0.15) is 12.5 Å². The van der Waals surface area contributed by atoms with Gasteiger partial charge in [-0.3, -0.25) is 14.9 Å². The van der Waals surface area contributed by atoms with Crippen molar-refractivity contribution in [2.24, 2.45) is 0 Å². The fourth-order valence-corrected chi connectivity index (χ4v) is 1.19. The molecule has 6 heteroatoms. The Labute approximate surface area is 103 Å². The average Bonchev–Trinajstić information content (AvgIpc) is 2.34. The summed E-state index contributed by atoms with van der Waals surface area (Å²) in [7, 11) is 0. The monoisotopic (exact) mass is 246 g/mol. The van der Waals surface area contributed by atoms with E-state index in [-0.39, 0.29) is 5.69 Å². The smallest absolute Gasteiger partial charge is 0.304 e. The van der Waals surface area contributed by atoms with E-state index in [4.69, 9.17) is 5.26 Å². The van der Waals surface area contributed by atoms with Crippen LogP contribution >= 0.6 is 0 Å². The van der Waals surface area contributed by atoms with Gasteiger partial charge in [0.05, 0.1) is 4.92 Å². The summed E-state index contributed by atoms with van der Waals surface area (Å²) in [5.74, 6) is -0.546. The molecule has 1 atom stereocenters. The molecule has 0 radical (unpaired) electrons. The van der Waals surface area contributed by atoms with Crippen molar-refractivity contribution in [2.45, 2.75) is 13.0 Å². The molecule has 1 aromatic carbocycles. The number of nitro groups is 1. The Morgan fingerprint density at radius 3 is 2.56 bits per heavy atom. The van der Waals surface area contributed by atoms with E-state index in [9.17, 15) is 14.9 Å². The van der Waals surface area contributed by atoms with E-state index in [0.29, 0.717) is 5.56 Å². The highest BCUT2D eigenvalue weighted by atomic mass is 16.6. The van der Waals surface area contributed by atoms with Crippen molar-refractivity contribution in [1.82, 2.24) is 0 Å². The molecule has 1 aromatic rings. The summed E-state index contributed by atoms with van der Waals surface area (Å²) in [5, 5.41) is 19.1. The molecule has 0 spiro atoms. The predicted octanol–water partition coefficient (Wildman–Crippen LogP) is 2.06. The van der Waals surface area contributed by atoms with E-state index in [0.717, 1.165) is 0 Å². The number of nitriles is 1. The van der Waals surface area contributed by atoms with Crippen LogP contribution in [0, 0.1) is 21.4 Å². The van der Waals surface area contributed by atoms with Gasteiger partial charge in [0.1, 0.15) is 6.07 Å². The molecule has 18 heavy (non-hydrogen) atoms. The molecule has 0 aromatic heterocycles. The summed E-state index contributed by atoms with van der Waals surface area (Å²) in [6.07, 6.45) is 2.00. The molecule has 0 aliphatic carbocycles. The van der Waals surface area contributed by atoms with Crippen LogP contribution in [0.15, 0.2) is 30.3 Å². The zero-order valence-corrected chi connectivity index (χ0v) is 9.57. The highest BCUT2D eigenvalue weighted by molar-refractivity contribution is 5.67. The lowest BCUT2D eigenvalue weighted by Crippen LogP contribution is -2.10. The van der Waals surface area contributed by atoms with Gasteiger partial charge in [0.2, 0.25) is 6.10 Å². The van der Waals surface area contributed by atoms with E-state index in [1.807, 2.05) is 0 Å². The Morgan fingerprint density at radius 2 is 2.11 bits per heavy atom. The van der Waals surface area contributed by atoms with Crippen molar-refractivity contribution in [3.63, 3.8) is 0 Å². The highest BCUT2D eigenvalue weighted by Gasteiger charge is 2.06. The molecule has 0 saturated heterocycles. The van der Waals surface area contributed by atoms with Crippen molar-refractivity contribution in [3.8, 4) is 6.07 Å². The third-order valence-electron chi connectivity index (χ3n) is 1.99. The topological polar surface area (TPSA) is 93.2 Å². The number of nitro benzene ring substituents is 1. The summed E-state index contributed by atoms with van der Waals surface area (Å²) >= 11 is 0. The Balaban J connectivity index is 2.74. The third kappa shape index (κ3) is 4.06. The Hall–Kier alpha value is -2.68. The quantitative estimate of drug-likeness (QED) is 0.460. The van der Waals surface area contributed by atoms with Gasteiger partial charge in [0, 0.05) is 19.1 Å². The number of carbonyl (C=O) groups excluding carboxylic acids is 1. The second-order valence-corrected chi connectivity index (χ2v) is 3.37. The number of rotatable bonds is 4. The van der Waals surface area contributed by atoms with Gasteiger partial charge < -0.3 is 4.74 Å². The number of hydrogen-bond donors (Lipinski definition) is 0. The van der Waals surface area contributed by atoms with Gasteiger partial charge in [0.25, 0.3) is 5.69 Å². The van der Waals surface area contributed by atoms with E-state index in [1.54, 1.807) is 12.1 Å². The molecule has 1 unspecified atom stereocenters. The molecule has 6 nitrogen and oxygen atoms in total. The normalized spacial score (nSPS) is 11.8. The van der Waals surface area contributed by atoms with Crippen LogP contribution in [0.25, 0.3) is 6.08 Å². The summed E-state index contributed by atoms with van der Waals surface area (Å²) < 4.78 is 4.69. The molecule has 0 amide bonds. The fraction of sp³-hybridized carbons (Fsp3) is 0.167. The Morgan fingerprint density at radius 1 is 1.50 bits per heavy atom. The maximum absolute atomic E-state index is 10.7. The van der Waals surface area contributed by atoms with E-state index in [1.165, 1.54) is 37.3 Å². The first-order valence-corrected chi connectivity index (χ1v) is 5.02. The lowest BCUT2D eigenvalue weighted by atomic mass is 10.2. The standard InChI is InChI=1S/C12H10N2O4/c1-9(15)18-12(8-13)7-4-10-2-5-11(6-3-10)14(16)17/h2-7,12H,1H3. The van der Waals surface area contributed by atoms with Crippen molar-refractivity contribution in [1.29, 1.82) is 5.26 Å². The van der Waals surface area contributed by atoms with Gasteiger partial charge in [-0.15, -0.1) is 0 Å². The van der Waals surface area contributed by atoms with Gasteiger partial charge in [-0.25, -0.2) is 0 Å². The van der Waals surface area contributed by atoms with Crippen LogP contribution in [0.2, 0.25) is 0 Å². The lowest BCUT2D eigenvalue weighted by Gasteiger charge is -2.03. The molecule has 0 N–H and O–H groups in total. The molecule has 0 saturated carbocycles. The number of nitrogens with zero attached hydrogens (tertiary/aromatic N) is 2. The van der Waals surface area contributed by atoms with E-state index < -0.39 is 17.0 Å². The Kier molecular flexibility index (Phi) is 4.58. The first-order chi connectivity index (χ1) is 8.52. The molecule has 0 heterocycles. The van der Waals surface area contributed by atoms with E-state index >= 15 is 0 Å². The minimum absolute atomic E-state index is 0.0102. The predicted molar refractivity (Wildman–Crippen MR) is 63.3 cm³/mol. The van der Waals surface area contributed by atoms with Gasteiger partial charge >= 0.3 is 5.97 Å². The molecule has 0 aliphatic heterocycles. The van der Waals surface area contributed by atoms with Crippen LogP contribution in [-0.4, -0.2) is 17.0 Å². The summed E-state index contributed by atoms with van der Waals surface area (Å²) in [5.41, 5.74) is 0.664. The van der Waals surface area contributed by atoms with Gasteiger partial charge in [-0.2, -0.15) is 5.26 Å². The molecule has 0 bridgehead atoms. The largest absolute Gasteiger partial charge is 0.443 e. The minimum Gasteiger partial charge on any atom is -0.443 e. The number of ether oxygens (including phenoxy) is 1. The molecule has 1 rings (SSSR count). The summed E-state index contributed by atoms with van der Waals surface area (Å²) in [6, 6.07) is 7.58. The summed E-state index contributed by atoms with van der Waals surface area (Å²) in [6.45, 7) is 1.21. The average molecular weight is 246 g/mol. The summed E-state index contributed by atoms with van der Waals surface area (Å²) in [4.78, 5) is 20.6. The maximum Gasteiger partial charge on any atom is 0.304 e. The van der Waals surface area contributed by atoms with Crippen molar-refractivity contribution >= 4 is 17.7 Å². The minimum atomic E-state index is -0.960. The van der Waals surface area contributed by atoms with Crippen LogP contribution in [0.4, 0.5) is 5.69 Å². The first kappa shape index (κ1) is 13.4. The Bertz CT molecular complexity index is 514. The SMILES string of the molecule is CC(=O)OC(C#N)C=Cc1ccc([N+](=O)[O-])cc1. The molecule has 92 valence electrons. The maximum atomic E-state index is 10.7. The van der Waals surface area contributed by atoms with Crippen LogP contribution in [0.5, 0.6) is 0 Å². The molecular weight excluding hydrogens is 236 g/mol. The molecule has 0 aliphatic rings. The fourth-order valence-electron chi connectivity index (χ4n) is 1.19. The first-order valence-electron chi connectivity index (χ1n) is 5.02. The number of esters is 1. The van der Waals surface area contributed by atoms with Gasteiger partial charge in [0.15, 0.2) is 0 Å². The van der Waals surface area contributed by atoms with Crippen LogP contribution < -0.4 is 0 Å². The molecule has 0 fully saturated rings. The van der Waals surface area contributed by atoms with Gasteiger partial charge in [-0.05, 0) is 23.8 Å². The zero-order chi connectivity index (χ0) is 13.5. The number of benzene rings is 1. The number of non-ortho nitro benzene ring substituents is 1. The lowest BCUT2D eigenvalue weighted by molar-refractivity contribution is -0.384. The second kappa shape index (κ2) is 6.15. The highest BCUT2D eigenvalue weighted by Crippen LogP contribution is 2.13. The van der Waals surface area contributed by atoms with Crippen molar-refractivity contribution in [3.05, 3.63) is 46.0 Å². The second-order valence-electron chi connectivity index (χ2n) is 3.37. The zero-order valence-electron chi connectivity index (χ0n) is 9.57. The van der Waals surface area contributed by atoms with Crippen molar-refractivity contribution in [2.75, 3.05) is 0 Å². The van der Waals surface area contributed by atoms with Crippen LogP contribution in [-0.2, 0) is 9.53 Å². The number of hydrogen-bond acceptors (Lipinski definition) is 5. The molecular formula is C12H10N2O4. The number of carbonyl (C=O) groups is 1. The third-order valence-corrected chi connectivity index (χ3v) is 1.99. The van der Waals surface area contributed by atoms with Crippen molar-refractivity contribution < 1.29 is 14.5 Å². The van der Waals surface area contributed by atoms with E-state index in [2.05, 4.69) is 4.74 Å².